The van der Waals surface area contributed by atoms with Gasteiger partial charge < -0.3 is 4.74 Å². The molecular weight excluding hydrogens is 185 g/mol. The minimum Gasteiger partial charge on any atom is -0.467 e. The van der Waals surface area contributed by atoms with E-state index in [0.717, 1.165) is 0 Å². The molecule has 1 aromatic heterocycles. The molecule has 0 saturated carbocycles. The van der Waals surface area contributed by atoms with Gasteiger partial charge in [-0.25, -0.2) is 4.98 Å². The summed E-state index contributed by atoms with van der Waals surface area (Å²) in [6, 6.07) is 0. The maximum atomic E-state index is 11.7. The number of hydrogen-bond donors (Lipinski definition) is 0. The molecule has 0 amide bonds. The molecule has 0 unspecified atom stereocenters. The summed E-state index contributed by atoms with van der Waals surface area (Å²) in [5.74, 6) is -0.0835. The van der Waals surface area contributed by atoms with Gasteiger partial charge in [-0.05, 0) is 6.92 Å². The molecule has 0 aromatic carbocycles. The predicted molar refractivity (Wildman–Crippen MR) is 38.3 cm³/mol. The van der Waals surface area contributed by atoms with Crippen LogP contribution >= 0.6 is 0 Å². The van der Waals surface area contributed by atoms with Crippen LogP contribution in [-0.2, 0) is 0 Å². The quantitative estimate of drug-likeness (QED) is 0.715. The molecule has 0 spiro atoms. The fourth-order valence-corrected chi connectivity index (χ4v) is 0.687. The number of aryl methyl sites for hydroxylation is 1. The Balaban J connectivity index is 2.60. The van der Waals surface area contributed by atoms with Crippen molar-refractivity contribution in [3.8, 4) is 5.88 Å². The Morgan fingerprint density at radius 3 is 2.46 bits per heavy atom. The summed E-state index contributed by atoms with van der Waals surface area (Å²) in [6.07, 6.45) is -1.68. The van der Waals surface area contributed by atoms with Crippen molar-refractivity contribution in [2.45, 2.75) is 13.1 Å². The van der Waals surface area contributed by atoms with Crippen LogP contribution in [0.25, 0.3) is 0 Å². The molecule has 0 atom stereocenters. The first-order valence-electron chi connectivity index (χ1n) is 3.46. The Hall–Kier alpha value is -1.33. The van der Waals surface area contributed by atoms with Crippen LogP contribution in [0.1, 0.15) is 5.69 Å². The van der Waals surface area contributed by atoms with Gasteiger partial charge in [0.25, 0.3) is 0 Å². The molecule has 0 saturated heterocycles. The molecule has 72 valence electrons. The summed E-state index contributed by atoms with van der Waals surface area (Å²) >= 11 is 0. The molecule has 13 heavy (non-hydrogen) atoms. The highest BCUT2D eigenvalue weighted by molar-refractivity contribution is 5.14. The first-order valence-corrected chi connectivity index (χ1v) is 3.46. The molecule has 0 fully saturated rings. The molecule has 1 aromatic rings. The van der Waals surface area contributed by atoms with Crippen LogP contribution in [-0.4, -0.2) is 22.8 Å². The maximum absolute atomic E-state index is 11.7. The van der Waals surface area contributed by atoms with E-state index in [1.165, 1.54) is 19.3 Å². The molecule has 0 radical (unpaired) electrons. The predicted octanol–water partition coefficient (Wildman–Crippen LogP) is 1.73. The van der Waals surface area contributed by atoms with E-state index in [9.17, 15) is 13.2 Å². The summed E-state index contributed by atoms with van der Waals surface area (Å²) in [4.78, 5) is 7.32. The van der Waals surface area contributed by atoms with Gasteiger partial charge >= 0.3 is 6.18 Å². The molecule has 0 aliphatic carbocycles. The van der Waals surface area contributed by atoms with Crippen molar-refractivity contribution in [2.75, 3.05) is 6.61 Å². The van der Waals surface area contributed by atoms with E-state index < -0.39 is 12.8 Å². The van der Waals surface area contributed by atoms with E-state index in [1.807, 2.05) is 0 Å². The van der Waals surface area contributed by atoms with Gasteiger partial charge in [0.15, 0.2) is 6.61 Å². The van der Waals surface area contributed by atoms with Gasteiger partial charge in [0.1, 0.15) is 0 Å². The van der Waals surface area contributed by atoms with Crippen molar-refractivity contribution in [3.63, 3.8) is 0 Å². The zero-order valence-electron chi connectivity index (χ0n) is 6.80. The normalized spacial score (nSPS) is 11.4. The van der Waals surface area contributed by atoms with Gasteiger partial charge in [-0.15, -0.1) is 0 Å². The van der Waals surface area contributed by atoms with Crippen molar-refractivity contribution >= 4 is 0 Å². The molecule has 6 heteroatoms. The van der Waals surface area contributed by atoms with Crippen molar-refractivity contribution in [3.05, 3.63) is 18.1 Å². The monoisotopic (exact) mass is 192 g/mol. The standard InChI is InChI=1S/C7H7F3N2O/c1-5-6(12-3-2-11-5)13-4-7(8,9)10/h2-3H,4H2,1H3. The lowest BCUT2D eigenvalue weighted by Crippen LogP contribution is -2.20. The second-order valence-corrected chi connectivity index (χ2v) is 2.35. The third-order valence-corrected chi connectivity index (χ3v) is 1.21. The summed E-state index contributed by atoms with van der Waals surface area (Å²) in [6.45, 7) is 0.186. The minimum atomic E-state index is -4.34. The largest absolute Gasteiger partial charge is 0.467 e. The fraction of sp³-hybridized carbons (Fsp3) is 0.429. The van der Waals surface area contributed by atoms with Gasteiger partial charge in [0.05, 0.1) is 5.69 Å². The van der Waals surface area contributed by atoms with Crippen molar-refractivity contribution < 1.29 is 17.9 Å². The number of aromatic nitrogens is 2. The highest BCUT2D eigenvalue weighted by Gasteiger charge is 2.28. The van der Waals surface area contributed by atoms with Crippen LogP contribution in [0, 0.1) is 6.92 Å². The molecular formula is C7H7F3N2O. The van der Waals surface area contributed by atoms with Gasteiger partial charge in [0.2, 0.25) is 5.88 Å². The number of alkyl halides is 3. The second-order valence-electron chi connectivity index (χ2n) is 2.35. The van der Waals surface area contributed by atoms with Gasteiger partial charge in [-0.3, -0.25) is 4.98 Å². The molecule has 1 rings (SSSR count). The van der Waals surface area contributed by atoms with Crippen molar-refractivity contribution in [2.24, 2.45) is 0 Å². The average Bonchev–Trinajstić information content (AvgIpc) is 2.01. The van der Waals surface area contributed by atoms with Gasteiger partial charge in [-0.2, -0.15) is 13.2 Å². The molecule has 0 aliphatic rings. The Bertz CT molecular complexity index is 287. The smallest absolute Gasteiger partial charge is 0.422 e. The minimum absolute atomic E-state index is 0.0835. The number of halogens is 3. The lowest BCUT2D eigenvalue weighted by atomic mass is 10.5. The van der Waals surface area contributed by atoms with Crippen LogP contribution < -0.4 is 4.74 Å². The molecule has 3 nitrogen and oxygen atoms in total. The Labute approximate surface area is 72.6 Å². The van der Waals surface area contributed by atoms with E-state index >= 15 is 0 Å². The van der Waals surface area contributed by atoms with E-state index in [0.29, 0.717) is 5.69 Å². The number of ether oxygens (including phenoxy) is 1. The maximum Gasteiger partial charge on any atom is 0.422 e. The third kappa shape index (κ3) is 3.27. The summed E-state index contributed by atoms with van der Waals surface area (Å²) in [7, 11) is 0. The van der Waals surface area contributed by atoms with Crippen LogP contribution in [0.3, 0.4) is 0 Å². The number of rotatable bonds is 2. The summed E-state index contributed by atoms with van der Waals surface area (Å²) in [5.41, 5.74) is 0.340. The molecule has 0 N–H and O–H groups in total. The van der Waals surface area contributed by atoms with Gasteiger partial charge in [0, 0.05) is 12.4 Å². The van der Waals surface area contributed by atoms with Crippen LogP contribution in [0.4, 0.5) is 13.2 Å². The SMILES string of the molecule is Cc1nccnc1OCC(F)(F)F. The number of nitrogens with zero attached hydrogens (tertiary/aromatic N) is 2. The first kappa shape index (κ1) is 9.76. The van der Waals surface area contributed by atoms with E-state index in [1.54, 1.807) is 0 Å². The van der Waals surface area contributed by atoms with Crippen LogP contribution in [0.5, 0.6) is 5.88 Å². The zero-order chi connectivity index (χ0) is 9.90. The van der Waals surface area contributed by atoms with Crippen molar-refractivity contribution in [1.29, 1.82) is 0 Å². The van der Waals surface area contributed by atoms with Crippen LogP contribution in [0.15, 0.2) is 12.4 Å². The van der Waals surface area contributed by atoms with Crippen LogP contribution in [0.2, 0.25) is 0 Å². The van der Waals surface area contributed by atoms with E-state index in [2.05, 4.69) is 14.7 Å². The topological polar surface area (TPSA) is 35.0 Å². The average molecular weight is 192 g/mol. The zero-order valence-corrected chi connectivity index (χ0v) is 6.80. The molecule has 1 heterocycles. The Kier molecular flexibility index (Phi) is 2.69. The summed E-state index contributed by atoms with van der Waals surface area (Å²) in [5, 5.41) is 0. The third-order valence-electron chi connectivity index (χ3n) is 1.21. The lowest BCUT2D eigenvalue weighted by Gasteiger charge is -2.08. The highest BCUT2D eigenvalue weighted by atomic mass is 19.4. The van der Waals surface area contributed by atoms with Crippen molar-refractivity contribution in [1.82, 2.24) is 9.97 Å². The Morgan fingerprint density at radius 2 is 1.92 bits per heavy atom. The lowest BCUT2D eigenvalue weighted by molar-refractivity contribution is -0.154. The number of hydrogen-bond acceptors (Lipinski definition) is 3. The summed E-state index contributed by atoms with van der Waals surface area (Å²) < 4.78 is 39.5. The fourth-order valence-electron chi connectivity index (χ4n) is 0.687. The Morgan fingerprint density at radius 1 is 1.31 bits per heavy atom. The second kappa shape index (κ2) is 3.59. The van der Waals surface area contributed by atoms with Gasteiger partial charge in [-0.1, -0.05) is 0 Å². The van der Waals surface area contributed by atoms with E-state index in [-0.39, 0.29) is 5.88 Å². The molecule has 0 bridgehead atoms. The van der Waals surface area contributed by atoms with E-state index in [4.69, 9.17) is 0 Å². The first-order chi connectivity index (χ1) is 5.99. The highest BCUT2D eigenvalue weighted by Crippen LogP contribution is 2.17. The molecule has 0 aliphatic heterocycles.